The molecule has 2 fully saturated rings. The van der Waals surface area contributed by atoms with Crippen molar-refractivity contribution < 1.29 is 13.2 Å². The molecule has 4 rings (SSSR count). The van der Waals surface area contributed by atoms with E-state index in [1.165, 1.54) is 35.9 Å². The number of anilines is 2. The first-order valence-corrected chi connectivity index (χ1v) is 13.7. The number of nitrogens with one attached hydrogen (secondary N) is 1. The Kier molecular flexibility index (Phi) is 7.15. The highest BCUT2D eigenvalue weighted by atomic mass is 32.2. The van der Waals surface area contributed by atoms with Crippen LogP contribution in [0.15, 0.2) is 33.5 Å². The molecular formula is C20H27N5O3S3. The van der Waals surface area contributed by atoms with Crippen molar-refractivity contribution in [3.8, 4) is 0 Å². The SMILES string of the molecule is CC(Sc1nnc(N2CCCC2)s1)C(=O)Nc1ccc(S(=O)(=O)N2CCCCC2)cc1. The Bertz CT molecular complexity index is 997. The van der Waals surface area contributed by atoms with Crippen LogP contribution in [0.2, 0.25) is 0 Å². The average Bonchev–Trinajstić information content (AvgIpc) is 3.47. The van der Waals surface area contributed by atoms with Crippen LogP contribution in [0.1, 0.15) is 39.0 Å². The third-order valence-corrected chi connectivity index (χ3v) is 9.58. The molecule has 1 unspecified atom stereocenters. The van der Waals surface area contributed by atoms with Gasteiger partial charge in [-0.1, -0.05) is 29.5 Å². The van der Waals surface area contributed by atoms with E-state index in [1.807, 2.05) is 6.92 Å². The number of hydrogen-bond donors (Lipinski definition) is 1. The zero-order valence-corrected chi connectivity index (χ0v) is 19.9. The predicted molar refractivity (Wildman–Crippen MR) is 124 cm³/mol. The van der Waals surface area contributed by atoms with Gasteiger partial charge in [0.2, 0.25) is 21.1 Å². The Morgan fingerprint density at radius 2 is 1.68 bits per heavy atom. The zero-order chi connectivity index (χ0) is 21.8. The maximum absolute atomic E-state index is 12.7. The molecule has 0 bridgehead atoms. The lowest BCUT2D eigenvalue weighted by Crippen LogP contribution is -2.35. The maximum atomic E-state index is 12.7. The Balaban J connectivity index is 1.33. The fourth-order valence-corrected chi connectivity index (χ4v) is 7.25. The number of rotatable bonds is 7. The van der Waals surface area contributed by atoms with Gasteiger partial charge in [0, 0.05) is 31.9 Å². The van der Waals surface area contributed by atoms with Crippen LogP contribution in [0.5, 0.6) is 0 Å². The quantitative estimate of drug-likeness (QED) is 0.605. The number of aromatic nitrogens is 2. The van der Waals surface area contributed by atoms with Crippen LogP contribution in [0.25, 0.3) is 0 Å². The molecule has 0 aliphatic carbocycles. The Morgan fingerprint density at radius 3 is 2.35 bits per heavy atom. The number of thioether (sulfide) groups is 1. The fourth-order valence-electron chi connectivity index (χ4n) is 3.70. The first kappa shape index (κ1) is 22.5. The Labute approximate surface area is 191 Å². The van der Waals surface area contributed by atoms with E-state index < -0.39 is 10.0 Å². The largest absolute Gasteiger partial charge is 0.347 e. The van der Waals surface area contributed by atoms with Crippen molar-refractivity contribution in [3.05, 3.63) is 24.3 Å². The second-order valence-electron chi connectivity index (χ2n) is 7.78. The van der Waals surface area contributed by atoms with Crippen LogP contribution in [-0.2, 0) is 14.8 Å². The molecule has 1 N–H and O–H groups in total. The van der Waals surface area contributed by atoms with Crippen LogP contribution in [0, 0.1) is 0 Å². The summed E-state index contributed by atoms with van der Waals surface area (Å²) < 4.78 is 27.8. The molecular weight excluding hydrogens is 454 g/mol. The van der Waals surface area contributed by atoms with Crippen molar-refractivity contribution in [2.75, 3.05) is 36.4 Å². The first-order valence-electron chi connectivity index (χ1n) is 10.6. The number of carbonyl (C=O) groups excluding carboxylic acids is 1. The summed E-state index contributed by atoms with van der Waals surface area (Å²) in [6.45, 7) is 4.99. The number of carbonyl (C=O) groups is 1. The van der Waals surface area contributed by atoms with Gasteiger partial charge in [0.1, 0.15) is 0 Å². The van der Waals surface area contributed by atoms with E-state index in [0.717, 1.165) is 41.8 Å². The van der Waals surface area contributed by atoms with Gasteiger partial charge >= 0.3 is 0 Å². The van der Waals surface area contributed by atoms with Gasteiger partial charge in [-0.15, -0.1) is 10.2 Å². The van der Waals surface area contributed by atoms with Gasteiger partial charge in [-0.05, 0) is 56.9 Å². The van der Waals surface area contributed by atoms with Crippen LogP contribution >= 0.6 is 23.1 Å². The zero-order valence-electron chi connectivity index (χ0n) is 17.5. The number of hydrogen-bond acceptors (Lipinski definition) is 8. The molecule has 31 heavy (non-hydrogen) atoms. The summed E-state index contributed by atoms with van der Waals surface area (Å²) in [7, 11) is -3.47. The second kappa shape index (κ2) is 9.85. The number of nitrogens with zero attached hydrogens (tertiary/aromatic N) is 4. The molecule has 3 heterocycles. The van der Waals surface area contributed by atoms with Gasteiger partial charge in [0.05, 0.1) is 10.1 Å². The molecule has 1 aromatic carbocycles. The van der Waals surface area contributed by atoms with E-state index in [9.17, 15) is 13.2 Å². The molecule has 2 aliphatic rings. The van der Waals surface area contributed by atoms with E-state index in [-0.39, 0.29) is 16.1 Å². The summed E-state index contributed by atoms with van der Waals surface area (Å²) in [4.78, 5) is 15.1. The molecule has 0 saturated carbocycles. The van der Waals surface area contributed by atoms with Crippen LogP contribution in [0.4, 0.5) is 10.8 Å². The molecule has 8 nitrogen and oxygen atoms in total. The minimum absolute atomic E-state index is 0.158. The van der Waals surface area contributed by atoms with Crippen molar-refractivity contribution in [1.82, 2.24) is 14.5 Å². The van der Waals surface area contributed by atoms with Crippen LogP contribution in [0.3, 0.4) is 0 Å². The summed E-state index contributed by atoms with van der Waals surface area (Å²) in [5.74, 6) is -0.158. The van der Waals surface area contributed by atoms with Crippen molar-refractivity contribution in [1.29, 1.82) is 0 Å². The van der Waals surface area contributed by atoms with Crippen molar-refractivity contribution in [2.45, 2.75) is 53.5 Å². The van der Waals surface area contributed by atoms with Crippen LogP contribution in [-0.4, -0.2) is 60.3 Å². The van der Waals surface area contributed by atoms with Gasteiger partial charge in [0.25, 0.3) is 0 Å². The highest BCUT2D eigenvalue weighted by molar-refractivity contribution is 8.02. The van der Waals surface area contributed by atoms with E-state index in [2.05, 4.69) is 20.4 Å². The Morgan fingerprint density at radius 1 is 1.03 bits per heavy atom. The molecule has 2 aromatic rings. The lowest BCUT2D eigenvalue weighted by Gasteiger charge is -2.25. The first-order chi connectivity index (χ1) is 14.9. The number of piperidine rings is 1. The summed E-state index contributed by atoms with van der Waals surface area (Å²) >= 11 is 2.90. The minimum Gasteiger partial charge on any atom is -0.347 e. The summed E-state index contributed by atoms with van der Waals surface area (Å²) in [5.41, 5.74) is 0.574. The van der Waals surface area contributed by atoms with Gasteiger partial charge in [-0.25, -0.2) is 8.42 Å². The monoisotopic (exact) mass is 481 g/mol. The number of sulfonamides is 1. The number of benzene rings is 1. The lowest BCUT2D eigenvalue weighted by atomic mass is 10.2. The Hall–Kier alpha value is -1.69. The van der Waals surface area contributed by atoms with E-state index in [1.54, 1.807) is 28.6 Å². The van der Waals surface area contributed by atoms with Crippen molar-refractivity contribution in [3.63, 3.8) is 0 Å². The summed E-state index contributed by atoms with van der Waals surface area (Å²) in [5, 5.41) is 11.9. The maximum Gasteiger partial charge on any atom is 0.243 e. The van der Waals surface area contributed by atoms with Gasteiger partial charge in [-0.2, -0.15) is 4.31 Å². The summed E-state index contributed by atoms with van der Waals surface area (Å²) in [6, 6.07) is 6.40. The average molecular weight is 482 g/mol. The van der Waals surface area contributed by atoms with Gasteiger partial charge in [0.15, 0.2) is 4.34 Å². The third kappa shape index (κ3) is 5.39. The van der Waals surface area contributed by atoms with Crippen LogP contribution < -0.4 is 10.2 Å². The van der Waals surface area contributed by atoms with E-state index >= 15 is 0 Å². The second-order valence-corrected chi connectivity index (χ2v) is 12.3. The molecule has 2 aliphatic heterocycles. The molecule has 1 amide bonds. The lowest BCUT2D eigenvalue weighted by molar-refractivity contribution is -0.115. The third-order valence-electron chi connectivity index (χ3n) is 5.49. The molecule has 11 heteroatoms. The van der Waals surface area contributed by atoms with E-state index in [4.69, 9.17) is 0 Å². The van der Waals surface area contributed by atoms with E-state index in [0.29, 0.717) is 18.8 Å². The highest BCUT2D eigenvalue weighted by Gasteiger charge is 2.26. The van der Waals surface area contributed by atoms with Crippen molar-refractivity contribution >= 4 is 49.8 Å². The van der Waals surface area contributed by atoms with Gasteiger partial charge < -0.3 is 10.2 Å². The predicted octanol–water partition coefficient (Wildman–Crippen LogP) is 3.43. The summed E-state index contributed by atoms with van der Waals surface area (Å²) in [6.07, 6.45) is 5.23. The standard InChI is InChI=1S/C20H27N5O3S3/c1-15(29-20-23-22-19(30-20)24-11-5-6-12-24)18(26)21-16-7-9-17(10-8-16)31(27,28)25-13-3-2-4-14-25/h7-10,15H,2-6,11-14H2,1H3,(H,21,26). The molecule has 1 aromatic heterocycles. The number of amides is 1. The molecule has 0 spiro atoms. The molecule has 168 valence electrons. The fraction of sp³-hybridized carbons (Fsp3) is 0.550. The molecule has 0 radical (unpaired) electrons. The minimum atomic E-state index is -3.47. The normalized spacial score (nSPS) is 18.8. The molecule has 2 saturated heterocycles. The highest BCUT2D eigenvalue weighted by Crippen LogP contribution is 2.32. The van der Waals surface area contributed by atoms with Crippen molar-refractivity contribution in [2.24, 2.45) is 0 Å². The molecule has 1 atom stereocenters. The smallest absolute Gasteiger partial charge is 0.243 e. The topological polar surface area (TPSA) is 95.5 Å². The van der Waals surface area contributed by atoms with Gasteiger partial charge in [-0.3, -0.25) is 4.79 Å².